The van der Waals surface area contributed by atoms with E-state index in [0.29, 0.717) is 41.1 Å². The van der Waals surface area contributed by atoms with Gasteiger partial charge in [-0.25, -0.2) is 9.78 Å². The van der Waals surface area contributed by atoms with E-state index in [0.717, 1.165) is 41.5 Å². The quantitative estimate of drug-likeness (QED) is 0.427. The first-order chi connectivity index (χ1) is 15.9. The fourth-order valence-corrected chi connectivity index (χ4v) is 5.22. The molecule has 2 heterocycles. The maximum atomic E-state index is 13.2. The zero-order valence-corrected chi connectivity index (χ0v) is 19.3. The molecule has 1 aliphatic rings. The Morgan fingerprint density at radius 1 is 1.00 bits per heavy atom. The Morgan fingerprint density at radius 3 is 2.30 bits per heavy atom. The van der Waals surface area contributed by atoms with Crippen molar-refractivity contribution in [2.75, 3.05) is 13.1 Å². The van der Waals surface area contributed by atoms with Crippen LogP contribution in [-0.4, -0.2) is 41.0 Å². The number of para-hydroxylation sites is 1. The number of carbonyl (C=O) groups excluding carboxylic acids is 2. The molecule has 1 aromatic carbocycles. The molecule has 4 rings (SSSR count). The lowest BCUT2D eigenvalue weighted by molar-refractivity contribution is 0.0941. The molecule has 0 atom stereocenters. The number of aromatic nitrogens is 1. The van der Waals surface area contributed by atoms with Crippen LogP contribution in [0.2, 0.25) is 0 Å². The monoisotopic (exact) mass is 465 g/mol. The molecular formula is C25H27N3O4S. The molecule has 3 aromatic rings. The highest BCUT2D eigenvalue weighted by Crippen LogP contribution is 2.31. The van der Waals surface area contributed by atoms with Crippen LogP contribution in [-0.2, 0) is 0 Å². The Kier molecular flexibility index (Phi) is 7.03. The lowest BCUT2D eigenvalue weighted by Gasteiger charge is -2.28. The third kappa shape index (κ3) is 5.57. The molecule has 33 heavy (non-hydrogen) atoms. The lowest BCUT2D eigenvalue weighted by Crippen LogP contribution is -2.34. The number of nitrogens with zero attached hydrogens (tertiary/aromatic N) is 1. The maximum Gasteiger partial charge on any atom is 0.404 e. The summed E-state index contributed by atoms with van der Waals surface area (Å²) in [6, 6.07) is 13.1. The highest BCUT2D eigenvalue weighted by Gasteiger charge is 2.23. The van der Waals surface area contributed by atoms with E-state index in [2.05, 4.69) is 10.6 Å². The molecule has 0 radical (unpaired) electrons. The molecule has 2 aromatic heterocycles. The lowest BCUT2D eigenvalue weighted by atomic mass is 9.82. The van der Waals surface area contributed by atoms with Gasteiger partial charge in [-0.05, 0) is 68.7 Å². The number of nitrogens with one attached hydrogen (secondary N) is 2. The molecule has 0 aliphatic heterocycles. The number of fused-ring (bicyclic) bond motifs is 1. The summed E-state index contributed by atoms with van der Waals surface area (Å²) in [5, 5.41) is 15.1. The van der Waals surface area contributed by atoms with E-state index in [-0.39, 0.29) is 11.7 Å². The molecule has 0 bridgehead atoms. The van der Waals surface area contributed by atoms with Crippen LogP contribution in [0.15, 0.2) is 42.5 Å². The van der Waals surface area contributed by atoms with Crippen LogP contribution in [0, 0.1) is 11.8 Å². The summed E-state index contributed by atoms with van der Waals surface area (Å²) in [7, 11) is 0. The summed E-state index contributed by atoms with van der Waals surface area (Å²) >= 11 is 1.38. The van der Waals surface area contributed by atoms with E-state index in [4.69, 9.17) is 10.1 Å². The van der Waals surface area contributed by atoms with Crippen molar-refractivity contribution >= 4 is 40.0 Å². The second-order valence-corrected chi connectivity index (χ2v) is 9.66. The highest BCUT2D eigenvalue weighted by atomic mass is 32.1. The molecule has 2 amide bonds. The fraction of sp³-hybridized carbons (Fsp3) is 0.360. The molecule has 1 aliphatic carbocycles. The topological polar surface area (TPSA) is 108 Å². The minimum absolute atomic E-state index is 0.0125. The van der Waals surface area contributed by atoms with E-state index >= 15 is 0 Å². The van der Waals surface area contributed by atoms with Crippen LogP contribution in [0.4, 0.5) is 4.79 Å². The van der Waals surface area contributed by atoms with Gasteiger partial charge in [0.15, 0.2) is 5.78 Å². The smallest absolute Gasteiger partial charge is 0.404 e. The Hall–Kier alpha value is -3.26. The van der Waals surface area contributed by atoms with Crippen molar-refractivity contribution < 1.29 is 19.5 Å². The molecule has 1 saturated carbocycles. The summed E-state index contributed by atoms with van der Waals surface area (Å²) in [6.07, 6.45) is 2.88. The van der Waals surface area contributed by atoms with E-state index in [1.807, 2.05) is 36.4 Å². The minimum Gasteiger partial charge on any atom is -0.465 e. The molecule has 3 N–H and O–H groups in total. The molecule has 172 valence electrons. The summed E-state index contributed by atoms with van der Waals surface area (Å²) in [5.41, 5.74) is 2.00. The number of rotatable bonds is 7. The molecule has 7 nitrogen and oxygen atoms in total. The van der Waals surface area contributed by atoms with Crippen molar-refractivity contribution in [1.29, 1.82) is 0 Å². The van der Waals surface area contributed by atoms with Crippen LogP contribution in [0.25, 0.3) is 21.5 Å². The first-order valence-corrected chi connectivity index (χ1v) is 12.0. The zero-order valence-electron chi connectivity index (χ0n) is 18.5. The van der Waals surface area contributed by atoms with Gasteiger partial charge in [-0.1, -0.05) is 18.2 Å². The number of carboxylic acid groups (broad SMARTS) is 1. The van der Waals surface area contributed by atoms with Crippen molar-refractivity contribution in [2.45, 2.75) is 32.6 Å². The zero-order chi connectivity index (χ0) is 23.4. The van der Waals surface area contributed by atoms with Crippen LogP contribution in [0.3, 0.4) is 0 Å². The first kappa shape index (κ1) is 22.9. The second-order valence-electron chi connectivity index (χ2n) is 8.58. The molecule has 1 fully saturated rings. The first-order valence-electron chi connectivity index (χ1n) is 11.2. The second kappa shape index (κ2) is 10.1. The summed E-state index contributed by atoms with van der Waals surface area (Å²) < 4.78 is 0. The van der Waals surface area contributed by atoms with Crippen molar-refractivity contribution in [2.24, 2.45) is 11.8 Å². The average molecular weight is 466 g/mol. The Morgan fingerprint density at radius 2 is 1.67 bits per heavy atom. The molecule has 0 unspecified atom stereocenters. The summed E-state index contributed by atoms with van der Waals surface area (Å²) in [6.45, 7) is 2.63. The van der Waals surface area contributed by atoms with Gasteiger partial charge in [0.25, 0.3) is 5.91 Å². The fourth-order valence-electron chi connectivity index (χ4n) is 4.36. The SMILES string of the molecule is CC(=O)c1ccc(-c2cc(C(=O)NC[C@H]3CC[C@H](CNC(=O)O)CC3)c3ccccc3n2)s1. The van der Waals surface area contributed by atoms with Crippen LogP contribution in [0.1, 0.15) is 52.6 Å². The predicted octanol–water partition coefficient (Wildman–Crippen LogP) is 4.97. The van der Waals surface area contributed by atoms with Gasteiger partial charge in [0.05, 0.1) is 26.5 Å². The summed E-state index contributed by atoms with van der Waals surface area (Å²) in [4.78, 5) is 41.8. The minimum atomic E-state index is -0.978. The van der Waals surface area contributed by atoms with Crippen molar-refractivity contribution in [3.05, 3.63) is 52.9 Å². The molecule has 8 heteroatoms. The number of carbonyl (C=O) groups is 3. The number of pyridine rings is 1. The number of hydrogen-bond acceptors (Lipinski definition) is 5. The Labute approximate surface area is 196 Å². The number of amides is 2. The maximum absolute atomic E-state index is 13.2. The van der Waals surface area contributed by atoms with Crippen LogP contribution >= 0.6 is 11.3 Å². The van der Waals surface area contributed by atoms with Crippen LogP contribution < -0.4 is 10.6 Å². The van der Waals surface area contributed by atoms with Gasteiger partial charge in [-0.3, -0.25) is 9.59 Å². The predicted molar refractivity (Wildman–Crippen MR) is 129 cm³/mol. The van der Waals surface area contributed by atoms with Gasteiger partial charge in [-0.2, -0.15) is 0 Å². The molecule has 0 spiro atoms. The molecular weight excluding hydrogens is 438 g/mol. The van der Waals surface area contributed by atoms with Gasteiger partial charge < -0.3 is 15.7 Å². The van der Waals surface area contributed by atoms with Gasteiger partial charge in [-0.15, -0.1) is 11.3 Å². The third-order valence-corrected chi connectivity index (χ3v) is 7.43. The van der Waals surface area contributed by atoms with Gasteiger partial charge in [0.1, 0.15) is 0 Å². The van der Waals surface area contributed by atoms with E-state index in [9.17, 15) is 14.4 Å². The summed E-state index contributed by atoms with van der Waals surface area (Å²) in [5.74, 6) is 0.634. The van der Waals surface area contributed by atoms with Gasteiger partial charge >= 0.3 is 6.09 Å². The number of Topliss-reactive ketones (excluding diaryl/α,β-unsaturated/α-hetero) is 1. The Balaban J connectivity index is 1.46. The van der Waals surface area contributed by atoms with Crippen molar-refractivity contribution in [3.8, 4) is 10.6 Å². The normalized spacial score (nSPS) is 18.1. The highest BCUT2D eigenvalue weighted by molar-refractivity contribution is 7.17. The third-order valence-electron chi connectivity index (χ3n) is 6.23. The van der Waals surface area contributed by atoms with E-state index in [1.54, 1.807) is 13.0 Å². The van der Waals surface area contributed by atoms with Gasteiger partial charge in [0, 0.05) is 18.5 Å². The van der Waals surface area contributed by atoms with Crippen molar-refractivity contribution in [3.63, 3.8) is 0 Å². The van der Waals surface area contributed by atoms with Gasteiger partial charge in [0.2, 0.25) is 0 Å². The number of benzene rings is 1. The largest absolute Gasteiger partial charge is 0.465 e. The van der Waals surface area contributed by atoms with Crippen molar-refractivity contribution in [1.82, 2.24) is 15.6 Å². The van der Waals surface area contributed by atoms with Crippen LogP contribution in [0.5, 0.6) is 0 Å². The van der Waals surface area contributed by atoms with E-state index in [1.165, 1.54) is 11.3 Å². The number of ketones is 1. The number of hydrogen-bond donors (Lipinski definition) is 3. The average Bonchev–Trinajstić information content (AvgIpc) is 3.32. The van der Waals surface area contributed by atoms with E-state index < -0.39 is 6.09 Å². The Bertz CT molecular complexity index is 1180. The molecule has 0 saturated heterocycles. The number of thiophene rings is 1. The standard InChI is InChI=1S/C25H27N3O4S/c1-15(29)22-10-11-23(33-22)21-12-19(18-4-2-3-5-20(18)28-21)24(30)26-13-16-6-8-17(9-7-16)14-27-25(31)32/h2-5,10-12,16-17,27H,6-9,13-14H2,1H3,(H,26,30)(H,31,32)/t16-,17-.